The fourth-order valence-electron chi connectivity index (χ4n) is 4.18. The van der Waals surface area contributed by atoms with E-state index in [1.165, 1.54) is 6.20 Å². The highest BCUT2D eigenvalue weighted by atomic mass is 32.2. The molecule has 0 N–H and O–H groups in total. The number of hydrogen-bond acceptors (Lipinski definition) is 6. The molecule has 5 heterocycles. The topological polar surface area (TPSA) is 100.0 Å². The summed E-state index contributed by atoms with van der Waals surface area (Å²) in [6.07, 6.45) is 6.48. The van der Waals surface area contributed by atoms with E-state index in [9.17, 15) is 21.6 Å². The maximum atomic E-state index is 13.5. The first-order valence-electron chi connectivity index (χ1n) is 11.3. The molecule has 0 saturated heterocycles. The van der Waals surface area contributed by atoms with Gasteiger partial charge in [0, 0.05) is 29.7 Å². The molecule has 0 saturated carbocycles. The maximum Gasteiger partial charge on any atom is 0.417 e. The summed E-state index contributed by atoms with van der Waals surface area (Å²) in [5, 5.41) is 8.01. The van der Waals surface area contributed by atoms with Crippen LogP contribution >= 0.6 is 0 Å². The number of aromatic nitrogens is 7. The van der Waals surface area contributed by atoms with E-state index in [4.69, 9.17) is 0 Å². The second-order valence-electron chi connectivity index (χ2n) is 8.42. The minimum atomic E-state index is -4.64. The van der Waals surface area contributed by atoms with Crippen molar-refractivity contribution in [3.63, 3.8) is 0 Å². The number of hydrogen-bond donors (Lipinski definition) is 0. The third-order valence-corrected chi connectivity index (χ3v) is 7.66. The van der Waals surface area contributed by atoms with Gasteiger partial charge in [0.05, 0.1) is 30.2 Å². The molecule has 0 aliphatic carbocycles. The highest BCUT2D eigenvalue weighted by Crippen LogP contribution is 2.31. The molecule has 0 radical (unpaired) electrons. The maximum absolute atomic E-state index is 13.5. The van der Waals surface area contributed by atoms with Gasteiger partial charge in [-0.2, -0.15) is 35.9 Å². The van der Waals surface area contributed by atoms with Crippen LogP contribution in [0.5, 0.6) is 0 Å². The molecule has 0 aromatic carbocycles. The van der Waals surface area contributed by atoms with Gasteiger partial charge in [-0.25, -0.2) is 4.98 Å². The van der Waals surface area contributed by atoms with Gasteiger partial charge >= 0.3 is 16.2 Å². The number of halogens is 3. The molecule has 9 nitrogen and oxygen atoms in total. The van der Waals surface area contributed by atoms with Gasteiger partial charge in [-0.1, -0.05) is 20.3 Å². The number of pyridine rings is 2. The molecule has 0 bridgehead atoms. The lowest BCUT2D eigenvalue weighted by atomic mass is 10.1. The standard InChI is InChI=1S/C23H22F3N7O2S/c1-3-5-18(4-2)32-13-16(10-29-32)15-8-20-19(27-9-15)11-30-33(20)36(34,35)22-12-28-21-7-6-17(14-31(21)22)23(24,25)26/h6-14,18H,3-5H2,1-2H3. The van der Waals surface area contributed by atoms with E-state index in [1.807, 2.05) is 10.9 Å². The van der Waals surface area contributed by atoms with Crippen molar-refractivity contribution in [2.24, 2.45) is 0 Å². The lowest BCUT2D eigenvalue weighted by Gasteiger charge is -2.13. The van der Waals surface area contributed by atoms with Gasteiger partial charge in [-0.3, -0.25) is 14.1 Å². The van der Waals surface area contributed by atoms with E-state index in [0.29, 0.717) is 17.3 Å². The summed E-state index contributed by atoms with van der Waals surface area (Å²) in [5.74, 6) is 0. The summed E-state index contributed by atoms with van der Waals surface area (Å²) >= 11 is 0. The van der Waals surface area contributed by atoms with Gasteiger partial charge in [0.15, 0.2) is 5.03 Å². The summed E-state index contributed by atoms with van der Waals surface area (Å²) in [6, 6.07) is 3.84. The Morgan fingerprint density at radius 1 is 0.972 bits per heavy atom. The molecule has 188 valence electrons. The average molecular weight is 518 g/mol. The van der Waals surface area contributed by atoms with Gasteiger partial charge in [-0.15, -0.1) is 0 Å². The Morgan fingerprint density at radius 2 is 1.78 bits per heavy atom. The van der Waals surface area contributed by atoms with Crippen LogP contribution in [0.2, 0.25) is 0 Å². The Balaban J connectivity index is 1.59. The zero-order valence-corrected chi connectivity index (χ0v) is 20.2. The van der Waals surface area contributed by atoms with Crippen LogP contribution in [-0.2, 0) is 16.2 Å². The average Bonchev–Trinajstić information content (AvgIpc) is 3.59. The van der Waals surface area contributed by atoms with Crippen molar-refractivity contribution in [1.29, 1.82) is 0 Å². The molecule has 0 aliphatic rings. The molecule has 36 heavy (non-hydrogen) atoms. The molecule has 0 spiro atoms. The van der Waals surface area contributed by atoms with Crippen molar-refractivity contribution in [3.05, 3.63) is 60.9 Å². The van der Waals surface area contributed by atoms with Crippen molar-refractivity contribution < 1.29 is 21.6 Å². The summed E-state index contributed by atoms with van der Waals surface area (Å²) < 4.78 is 70.3. The van der Waals surface area contributed by atoms with Crippen LogP contribution < -0.4 is 0 Å². The van der Waals surface area contributed by atoms with Crippen LogP contribution in [0.1, 0.15) is 44.7 Å². The highest BCUT2D eigenvalue weighted by molar-refractivity contribution is 7.90. The van der Waals surface area contributed by atoms with Gasteiger partial charge in [-0.05, 0) is 31.0 Å². The second kappa shape index (κ2) is 8.73. The molecular formula is C23H22F3N7O2S. The molecule has 0 fully saturated rings. The van der Waals surface area contributed by atoms with Gasteiger partial charge in [0.2, 0.25) is 0 Å². The van der Waals surface area contributed by atoms with Gasteiger partial charge < -0.3 is 0 Å². The molecule has 1 atom stereocenters. The van der Waals surface area contributed by atoms with Crippen molar-refractivity contribution in [2.45, 2.75) is 50.4 Å². The summed E-state index contributed by atoms with van der Waals surface area (Å²) in [5.41, 5.74) is 0.953. The molecule has 5 rings (SSSR count). The number of fused-ring (bicyclic) bond motifs is 2. The predicted octanol–water partition coefficient (Wildman–Crippen LogP) is 4.95. The van der Waals surface area contributed by atoms with Crippen LogP contribution in [0.4, 0.5) is 13.2 Å². The Morgan fingerprint density at radius 3 is 2.50 bits per heavy atom. The second-order valence-corrected chi connectivity index (χ2v) is 10.1. The number of alkyl halides is 3. The number of imidazole rings is 1. The molecule has 13 heteroatoms. The fourth-order valence-corrected chi connectivity index (χ4v) is 5.52. The number of nitrogens with zero attached hydrogens (tertiary/aromatic N) is 7. The molecule has 1 unspecified atom stereocenters. The van der Waals surface area contributed by atoms with Gasteiger partial charge in [0.25, 0.3) is 0 Å². The number of rotatable bonds is 7. The summed E-state index contributed by atoms with van der Waals surface area (Å²) in [6.45, 7) is 4.21. The molecular weight excluding hydrogens is 495 g/mol. The van der Waals surface area contributed by atoms with Crippen LogP contribution in [0.15, 0.2) is 60.4 Å². The fraction of sp³-hybridized carbons (Fsp3) is 0.304. The lowest BCUT2D eigenvalue weighted by Crippen LogP contribution is -2.17. The zero-order chi connectivity index (χ0) is 25.7. The predicted molar refractivity (Wildman–Crippen MR) is 126 cm³/mol. The Labute approximate surface area is 204 Å². The van der Waals surface area contributed by atoms with Crippen molar-refractivity contribution >= 4 is 26.7 Å². The third kappa shape index (κ3) is 4.02. The Kier molecular flexibility index (Phi) is 5.81. The largest absolute Gasteiger partial charge is 0.417 e. The van der Waals surface area contributed by atoms with Crippen LogP contribution in [-0.4, -0.2) is 41.8 Å². The minimum absolute atomic E-state index is 0.0572. The Hall–Kier alpha value is -3.74. The van der Waals surface area contributed by atoms with E-state index in [-0.39, 0.29) is 17.2 Å². The van der Waals surface area contributed by atoms with Crippen molar-refractivity contribution in [3.8, 4) is 11.1 Å². The zero-order valence-electron chi connectivity index (χ0n) is 19.4. The monoisotopic (exact) mass is 517 g/mol. The van der Waals surface area contributed by atoms with Crippen LogP contribution in [0.3, 0.4) is 0 Å². The van der Waals surface area contributed by atoms with E-state index in [2.05, 4.69) is 34.0 Å². The van der Waals surface area contributed by atoms with Crippen LogP contribution in [0.25, 0.3) is 27.8 Å². The minimum Gasteiger partial charge on any atom is -0.288 e. The normalized spacial score (nSPS) is 13.6. The SMILES string of the molecule is CCCC(CC)n1cc(-c2cnc3cnn(S(=O)(=O)c4cnc5ccc(C(F)(F)F)cn45)c3c2)cn1. The first-order chi connectivity index (χ1) is 17.1. The van der Waals surface area contributed by atoms with E-state index in [0.717, 1.165) is 51.6 Å². The third-order valence-electron chi connectivity index (χ3n) is 6.08. The van der Waals surface area contributed by atoms with Crippen molar-refractivity contribution in [1.82, 2.24) is 33.3 Å². The Bertz CT molecular complexity index is 1670. The van der Waals surface area contributed by atoms with E-state index in [1.54, 1.807) is 18.5 Å². The lowest BCUT2D eigenvalue weighted by molar-refractivity contribution is -0.137. The van der Waals surface area contributed by atoms with Crippen molar-refractivity contribution in [2.75, 3.05) is 0 Å². The van der Waals surface area contributed by atoms with E-state index >= 15 is 0 Å². The highest BCUT2D eigenvalue weighted by Gasteiger charge is 2.32. The first kappa shape index (κ1) is 24.0. The van der Waals surface area contributed by atoms with Crippen LogP contribution in [0, 0.1) is 0 Å². The smallest absolute Gasteiger partial charge is 0.288 e. The summed E-state index contributed by atoms with van der Waals surface area (Å²) in [7, 11) is -4.41. The molecule has 5 aromatic rings. The quantitative estimate of drug-likeness (QED) is 0.303. The van der Waals surface area contributed by atoms with Gasteiger partial charge in [0.1, 0.15) is 16.7 Å². The first-order valence-corrected chi connectivity index (χ1v) is 12.8. The molecule has 0 amide bonds. The molecule has 0 aliphatic heterocycles. The summed E-state index contributed by atoms with van der Waals surface area (Å²) in [4.78, 5) is 8.29. The molecule has 5 aromatic heterocycles. The van der Waals surface area contributed by atoms with E-state index < -0.39 is 26.8 Å².